The molecule has 1 aromatic heterocycles. The molecule has 2 aromatic rings. The maximum Gasteiger partial charge on any atom is 0.264 e. The molecule has 0 radical (unpaired) electrons. The predicted octanol–water partition coefficient (Wildman–Crippen LogP) is 2.73. The Morgan fingerprint density at radius 1 is 0.920 bits per heavy atom. The minimum Gasteiger partial charge on any atom is -0.454 e. The van der Waals surface area contributed by atoms with Crippen LogP contribution in [0, 0.1) is 0 Å². The lowest BCUT2D eigenvalue weighted by atomic mass is 10.1. The van der Waals surface area contributed by atoms with Gasteiger partial charge in [0.05, 0.1) is 9.21 Å². The van der Waals surface area contributed by atoms with Crippen molar-refractivity contribution in [2.45, 2.75) is 0 Å². The first-order valence-corrected chi connectivity index (χ1v) is 9.05. The third-order valence-electron chi connectivity index (χ3n) is 4.26. The van der Waals surface area contributed by atoms with Gasteiger partial charge in [-0.1, -0.05) is 11.6 Å². The highest BCUT2D eigenvalue weighted by Crippen LogP contribution is 2.33. The molecule has 0 unspecified atom stereocenters. The van der Waals surface area contributed by atoms with Gasteiger partial charge in [0.1, 0.15) is 0 Å². The topological polar surface area (TPSA) is 59.1 Å². The summed E-state index contributed by atoms with van der Waals surface area (Å²) in [5, 5.41) is 0. The average Bonchev–Trinajstić information content (AvgIpc) is 3.28. The van der Waals surface area contributed by atoms with Gasteiger partial charge in [0.25, 0.3) is 11.8 Å². The van der Waals surface area contributed by atoms with E-state index in [2.05, 4.69) is 0 Å². The molecule has 0 spiro atoms. The van der Waals surface area contributed by atoms with E-state index in [0.717, 1.165) is 0 Å². The van der Waals surface area contributed by atoms with Crippen LogP contribution in [0.1, 0.15) is 20.0 Å². The average molecular weight is 379 g/mol. The van der Waals surface area contributed by atoms with Crippen molar-refractivity contribution in [3.8, 4) is 11.5 Å². The summed E-state index contributed by atoms with van der Waals surface area (Å²) in [7, 11) is 0. The standard InChI is InChI=1S/C17H15ClN2O4S/c18-15-4-3-14(25-15)17(22)20-7-5-19(6-8-20)16(21)11-1-2-12-13(9-11)24-10-23-12/h1-4,9H,5-8,10H2. The van der Waals surface area contributed by atoms with Crippen LogP contribution in [0.2, 0.25) is 4.34 Å². The molecule has 2 aliphatic heterocycles. The molecule has 3 heterocycles. The van der Waals surface area contributed by atoms with Crippen molar-refractivity contribution in [3.63, 3.8) is 0 Å². The Labute approximate surface area is 153 Å². The number of hydrogen-bond donors (Lipinski definition) is 0. The minimum atomic E-state index is -0.0652. The van der Waals surface area contributed by atoms with Crippen LogP contribution in [0.25, 0.3) is 0 Å². The fourth-order valence-corrected chi connectivity index (χ4v) is 3.92. The van der Waals surface area contributed by atoms with Crippen LogP contribution in [0.4, 0.5) is 0 Å². The molecular formula is C17H15ClN2O4S. The molecule has 1 aromatic carbocycles. The van der Waals surface area contributed by atoms with Crippen LogP contribution in [0.3, 0.4) is 0 Å². The third-order valence-corrected chi connectivity index (χ3v) is 5.48. The second kappa shape index (κ2) is 6.57. The van der Waals surface area contributed by atoms with Gasteiger partial charge >= 0.3 is 0 Å². The molecule has 0 saturated carbocycles. The Balaban J connectivity index is 1.40. The maximum absolute atomic E-state index is 12.7. The second-order valence-electron chi connectivity index (χ2n) is 5.76. The largest absolute Gasteiger partial charge is 0.454 e. The molecule has 6 nitrogen and oxygen atoms in total. The normalized spacial score (nSPS) is 16.2. The van der Waals surface area contributed by atoms with Crippen molar-refractivity contribution in [2.75, 3.05) is 33.0 Å². The van der Waals surface area contributed by atoms with Gasteiger partial charge in [-0.3, -0.25) is 9.59 Å². The van der Waals surface area contributed by atoms with E-state index in [1.54, 1.807) is 40.1 Å². The number of thiophene rings is 1. The van der Waals surface area contributed by atoms with E-state index in [0.29, 0.717) is 52.5 Å². The summed E-state index contributed by atoms with van der Waals surface area (Å²) in [6, 6.07) is 8.64. The molecule has 0 atom stereocenters. The number of carbonyl (C=O) groups excluding carboxylic acids is 2. The van der Waals surface area contributed by atoms with E-state index in [4.69, 9.17) is 21.1 Å². The highest BCUT2D eigenvalue weighted by atomic mass is 35.5. The molecule has 0 aliphatic carbocycles. The predicted molar refractivity (Wildman–Crippen MR) is 93.7 cm³/mol. The van der Waals surface area contributed by atoms with Gasteiger partial charge in [0, 0.05) is 31.7 Å². The van der Waals surface area contributed by atoms with E-state index < -0.39 is 0 Å². The first-order chi connectivity index (χ1) is 12.1. The molecule has 0 N–H and O–H groups in total. The van der Waals surface area contributed by atoms with Crippen molar-refractivity contribution in [1.29, 1.82) is 0 Å². The van der Waals surface area contributed by atoms with Crippen LogP contribution in [0.15, 0.2) is 30.3 Å². The number of hydrogen-bond acceptors (Lipinski definition) is 5. The monoisotopic (exact) mass is 378 g/mol. The van der Waals surface area contributed by atoms with E-state index in [1.165, 1.54) is 11.3 Å². The van der Waals surface area contributed by atoms with Crippen LogP contribution in [0.5, 0.6) is 11.5 Å². The zero-order valence-corrected chi connectivity index (χ0v) is 14.8. The number of ether oxygens (including phenoxy) is 2. The lowest BCUT2D eigenvalue weighted by Gasteiger charge is -2.34. The molecule has 1 saturated heterocycles. The fraction of sp³-hybridized carbons (Fsp3) is 0.294. The van der Waals surface area contributed by atoms with E-state index >= 15 is 0 Å². The van der Waals surface area contributed by atoms with Crippen LogP contribution in [-0.2, 0) is 0 Å². The summed E-state index contributed by atoms with van der Waals surface area (Å²) in [6.07, 6.45) is 0. The number of carbonyl (C=O) groups is 2. The number of benzene rings is 1. The molecule has 4 rings (SSSR count). The van der Waals surface area contributed by atoms with E-state index in [9.17, 15) is 9.59 Å². The van der Waals surface area contributed by atoms with Gasteiger partial charge in [0.15, 0.2) is 11.5 Å². The first kappa shape index (κ1) is 16.2. The highest BCUT2D eigenvalue weighted by Gasteiger charge is 2.27. The maximum atomic E-state index is 12.7. The Kier molecular flexibility index (Phi) is 4.27. The SMILES string of the molecule is O=C(c1ccc2c(c1)OCO2)N1CCN(C(=O)c2ccc(Cl)s2)CC1. The Hall–Kier alpha value is -2.25. The second-order valence-corrected chi connectivity index (χ2v) is 7.47. The zero-order valence-electron chi connectivity index (χ0n) is 13.2. The molecule has 1 fully saturated rings. The van der Waals surface area contributed by atoms with E-state index in [-0.39, 0.29) is 18.6 Å². The Bertz CT molecular complexity index is 830. The molecule has 2 aliphatic rings. The number of nitrogens with zero attached hydrogens (tertiary/aromatic N) is 2. The number of rotatable bonds is 2. The minimum absolute atomic E-state index is 0.0351. The Morgan fingerprint density at radius 3 is 2.28 bits per heavy atom. The molecule has 2 amide bonds. The first-order valence-electron chi connectivity index (χ1n) is 7.85. The summed E-state index contributed by atoms with van der Waals surface area (Å²) in [4.78, 5) is 29.2. The number of halogens is 1. The fourth-order valence-electron chi connectivity index (χ4n) is 2.91. The van der Waals surface area contributed by atoms with Crippen LogP contribution in [-0.4, -0.2) is 54.6 Å². The number of piperazine rings is 1. The molecular weight excluding hydrogens is 364 g/mol. The third kappa shape index (κ3) is 3.17. The van der Waals surface area contributed by atoms with Gasteiger partial charge in [-0.05, 0) is 30.3 Å². The van der Waals surface area contributed by atoms with Gasteiger partial charge in [0.2, 0.25) is 6.79 Å². The summed E-state index contributed by atoms with van der Waals surface area (Å²) in [5.41, 5.74) is 0.564. The van der Waals surface area contributed by atoms with Gasteiger partial charge in [-0.25, -0.2) is 0 Å². The summed E-state index contributed by atoms with van der Waals surface area (Å²) in [6.45, 7) is 2.19. The van der Waals surface area contributed by atoms with Crippen molar-refractivity contribution in [3.05, 3.63) is 45.1 Å². The van der Waals surface area contributed by atoms with Crippen LogP contribution < -0.4 is 9.47 Å². The molecule has 25 heavy (non-hydrogen) atoms. The summed E-state index contributed by atoms with van der Waals surface area (Å²) >= 11 is 7.16. The molecule has 0 bridgehead atoms. The summed E-state index contributed by atoms with van der Waals surface area (Å²) < 4.78 is 11.2. The number of fused-ring (bicyclic) bond motifs is 1. The van der Waals surface area contributed by atoms with Gasteiger partial charge < -0.3 is 19.3 Å². The van der Waals surface area contributed by atoms with Crippen molar-refractivity contribution in [2.24, 2.45) is 0 Å². The van der Waals surface area contributed by atoms with Crippen molar-refractivity contribution < 1.29 is 19.1 Å². The lowest BCUT2D eigenvalue weighted by molar-refractivity contribution is 0.0538. The van der Waals surface area contributed by atoms with Gasteiger partial charge in [-0.2, -0.15) is 0 Å². The highest BCUT2D eigenvalue weighted by molar-refractivity contribution is 7.17. The quantitative estimate of drug-likeness (QED) is 0.806. The van der Waals surface area contributed by atoms with E-state index in [1.807, 2.05) is 0 Å². The smallest absolute Gasteiger partial charge is 0.264 e. The van der Waals surface area contributed by atoms with Gasteiger partial charge in [-0.15, -0.1) is 11.3 Å². The number of amides is 2. The van der Waals surface area contributed by atoms with Crippen LogP contribution >= 0.6 is 22.9 Å². The van der Waals surface area contributed by atoms with Crippen molar-refractivity contribution in [1.82, 2.24) is 9.80 Å². The lowest BCUT2D eigenvalue weighted by Crippen LogP contribution is -2.50. The molecule has 8 heteroatoms. The summed E-state index contributed by atoms with van der Waals surface area (Å²) in [5.74, 6) is 1.15. The van der Waals surface area contributed by atoms with Crippen molar-refractivity contribution >= 4 is 34.8 Å². The zero-order chi connectivity index (χ0) is 17.4. The molecule has 130 valence electrons. The Morgan fingerprint density at radius 2 is 1.60 bits per heavy atom.